The van der Waals surface area contributed by atoms with Gasteiger partial charge in [-0.3, -0.25) is 14.5 Å². The third-order valence-corrected chi connectivity index (χ3v) is 3.95. The fraction of sp³-hybridized carbons (Fsp3) is 0.400. The van der Waals surface area contributed by atoms with Crippen LogP contribution in [0.25, 0.3) is 0 Å². The van der Waals surface area contributed by atoms with Crippen LogP contribution < -0.4 is 10.6 Å². The SMILES string of the molecule is Cn1cc(C2(C)CN(c3ccnc(C(N)=O)c3)CCO2)cn1. The summed E-state index contributed by atoms with van der Waals surface area (Å²) in [4.78, 5) is 17.5. The van der Waals surface area contributed by atoms with Crippen LogP contribution in [-0.2, 0) is 17.4 Å². The van der Waals surface area contributed by atoms with Crippen LogP contribution in [0.5, 0.6) is 0 Å². The molecular formula is C15H19N5O2. The van der Waals surface area contributed by atoms with Gasteiger partial charge in [-0.05, 0) is 19.1 Å². The van der Waals surface area contributed by atoms with Crippen LogP contribution in [0, 0.1) is 0 Å². The van der Waals surface area contributed by atoms with Gasteiger partial charge in [-0.25, -0.2) is 0 Å². The molecule has 1 saturated heterocycles. The van der Waals surface area contributed by atoms with E-state index in [4.69, 9.17) is 10.5 Å². The lowest BCUT2D eigenvalue weighted by Crippen LogP contribution is -2.48. The number of hydrogen-bond acceptors (Lipinski definition) is 5. The molecule has 22 heavy (non-hydrogen) atoms. The van der Waals surface area contributed by atoms with Crippen LogP contribution in [0.15, 0.2) is 30.7 Å². The van der Waals surface area contributed by atoms with E-state index in [1.54, 1.807) is 16.9 Å². The van der Waals surface area contributed by atoms with Crippen molar-refractivity contribution in [3.05, 3.63) is 42.0 Å². The summed E-state index contributed by atoms with van der Waals surface area (Å²) in [6.45, 7) is 4.06. The van der Waals surface area contributed by atoms with Crippen molar-refractivity contribution in [3.63, 3.8) is 0 Å². The molecule has 1 fully saturated rings. The number of pyridine rings is 1. The van der Waals surface area contributed by atoms with E-state index < -0.39 is 11.5 Å². The largest absolute Gasteiger partial charge is 0.367 e. The van der Waals surface area contributed by atoms with Gasteiger partial charge in [0.25, 0.3) is 5.91 Å². The summed E-state index contributed by atoms with van der Waals surface area (Å²) in [6, 6.07) is 3.60. The summed E-state index contributed by atoms with van der Waals surface area (Å²) in [5, 5.41) is 4.22. The van der Waals surface area contributed by atoms with Crippen molar-refractivity contribution in [2.24, 2.45) is 12.8 Å². The Morgan fingerprint density at radius 1 is 1.50 bits per heavy atom. The van der Waals surface area contributed by atoms with Crippen molar-refractivity contribution < 1.29 is 9.53 Å². The zero-order valence-electron chi connectivity index (χ0n) is 12.7. The van der Waals surface area contributed by atoms with Gasteiger partial charge in [-0.15, -0.1) is 0 Å². The van der Waals surface area contributed by atoms with Gasteiger partial charge >= 0.3 is 0 Å². The third-order valence-electron chi connectivity index (χ3n) is 3.95. The van der Waals surface area contributed by atoms with Gasteiger partial charge in [-0.2, -0.15) is 5.10 Å². The summed E-state index contributed by atoms with van der Waals surface area (Å²) in [6.07, 6.45) is 5.39. The minimum atomic E-state index is -0.523. The summed E-state index contributed by atoms with van der Waals surface area (Å²) >= 11 is 0. The van der Waals surface area contributed by atoms with E-state index in [1.807, 2.05) is 32.4 Å². The Hall–Kier alpha value is -2.41. The van der Waals surface area contributed by atoms with Crippen molar-refractivity contribution in [2.75, 3.05) is 24.6 Å². The molecule has 0 aromatic carbocycles. The Morgan fingerprint density at radius 3 is 3.00 bits per heavy atom. The second-order valence-electron chi connectivity index (χ2n) is 5.67. The maximum absolute atomic E-state index is 11.3. The van der Waals surface area contributed by atoms with Crippen LogP contribution in [0.3, 0.4) is 0 Å². The number of carbonyl (C=O) groups is 1. The van der Waals surface area contributed by atoms with E-state index >= 15 is 0 Å². The summed E-state index contributed by atoms with van der Waals surface area (Å²) in [5.41, 5.74) is 7.08. The van der Waals surface area contributed by atoms with Gasteiger partial charge in [0, 0.05) is 37.2 Å². The molecule has 3 heterocycles. The molecule has 1 atom stereocenters. The monoisotopic (exact) mass is 301 g/mol. The number of primary amides is 1. The minimum absolute atomic E-state index is 0.270. The molecule has 3 rings (SSSR count). The van der Waals surface area contributed by atoms with Gasteiger partial charge in [-0.1, -0.05) is 0 Å². The molecule has 0 aliphatic carbocycles. The molecule has 0 spiro atoms. The number of ether oxygens (including phenoxy) is 1. The summed E-state index contributed by atoms with van der Waals surface area (Å²) in [7, 11) is 1.88. The Balaban J connectivity index is 1.87. The molecule has 1 amide bonds. The van der Waals surface area contributed by atoms with Gasteiger partial charge in [0.15, 0.2) is 0 Å². The molecule has 7 nitrogen and oxygen atoms in total. The van der Waals surface area contributed by atoms with Crippen molar-refractivity contribution in [3.8, 4) is 0 Å². The summed E-state index contributed by atoms with van der Waals surface area (Å²) in [5.74, 6) is -0.523. The normalized spacial score (nSPS) is 21.8. The molecule has 0 radical (unpaired) electrons. The average molecular weight is 301 g/mol. The molecular weight excluding hydrogens is 282 g/mol. The Labute approximate surface area is 128 Å². The number of anilines is 1. The molecule has 1 aliphatic heterocycles. The van der Waals surface area contributed by atoms with Crippen molar-refractivity contribution in [1.82, 2.24) is 14.8 Å². The van der Waals surface area contributed by atoms with E-state index in [0.717, 1.165) is 17.8 Å². The maximum atomic E-state index is 11.3. The predicted octanol–water partition coefficient (Wildman–Crippen LogP) is 0.666. The number of amides is 1. The number of aryl methyl sites for hydroxylation is 1. The molecule has 2 N–H and O–H groups in total. The number of nitrogens with zero attached hydrogens (tertiary/aromatic N) is 4. The van der Waals surface area contributed by atoms with Gasteiger partial charge in [0.1, 0.15) is 11.3 Å². The van der Waals surface area contributed by atoms with E-state index in [9.17, 15) is 4.79 Å². The van der Waals surface area contributed by atoms with Gasteiger partial charge < -0.3 is 15.4 Å². The van der Waals surface area contributed by atoms with Crippen LogP contribution in [-0.4, -0.2) is 40.4 Å². The van der Waals surface area contributed by atoms with Crippen molar-refractivity contribution >= 4 is 11.6 Å². The zero-order valence-corrected chi connectivity index (χ0v) is 12.7. The first-order chi connectivity index (χ1) is 10.5. The first-order valence-electron chi connectivity index (χ1n) is 7.12. The molecule has 116 valence electrons. The first-order valence-corrected chi connectivity index (χ1v) is 7.12. The quantitative estimate of drug-likeness (QED) is 0.900. The highest BCUT2D eigenvalue weighted by molar-refractivity contribution is 5.91. The smallest absolute Gasteiger partial charge is 0.267 e. The highest BCUT2D eigenvalue weighted by Gasteiger charge is 2.35. The highest BCUT2D eigenvalue weighted by atomic mass is 16.5. The van der Waals surface area contributed by atoms with Crippen molar-refractivity contribution in [1.29, 1.82) is 0 Å². The van der Waals surface area contributed by atoms with E-state index in [-0.39, 0.29) is 5.69 Å². The fourth-order valence-electron chi connectivity index (χ4n) is 2.71. The van der Waals surface area contributed by atoms with E-state index in [0.29, 0.717) is 13.2 Å². The minimum Gasteiger partial charge on any atom is -0.367 e. The third kappa shape index (κ3) is 2.67. The fourth-order valence-corrected chi connectivity index (χ4v) is 2.71. The first kappa shape index (κ1) is 14.5. The zero-order chi connectivity index (χ0) is 15.7. The van der Waals surface area contributed by atoms with E-state index in [1.165, 1.54) is 0 Å². The average Bonchev–Trinajstić information content (AvgIpc) is 2.95. The predicted molar refractivity (Wildman–Crippen MR) is 81.5 cm³/mol. The highest BCUT2D eigenvalue weighted by Crippen LogP contribution is 2.31. The standard InChI is InChI=1S/C15H19N5O2/c1-15(11-8-18-19(2)9-11)10-20(5-6-22-15)12-3-4-17-13(7-12)14(16)21/h3-4,7-9H,5-6,10H2,1-2H3,(H2,16,21). The number of carbonyl (C=O) groups excluding carboxylic acids is 1. The molecule has 1 aliphatic rings. The molecule has 2 aromatic rings. The van der Waals surface area contributed by atoms with Crippen LogP contribution in [0.1, 0.15) is 23.0 Å². The van der Waals surface area contributed by atoms with Gasteiger partial charge in [0.05, 0.1) is 19.3 Å². The second-order valence-corrected chi connectivity index (χ2v) is 5.67. The lowest BCUT2D eigenvalue weighted by Gasteiger charge is -2.41. The number of morpholine rings is 1. The second kappa shape index (κ2) is 5.42. The van der Waals surface area contributed by atoms with Crippen molar-refractivity contribution in [2.45, 2.75) is 12.5 Å². The van der Waals surface area contributed by atoms with Crippen LogP contribution in [0.2, 0.25) is 0 Å². The Kier molecular flexibility index (Phi) is 3.58. The number of rotatable bonds is 3. The Bertz CT molecular complexity index is 699. The van der Waals surface area contributed by atoms with Crippen LogP contribution >= 0.6 is 0 Å². The molecule has 1 unspecified atom stereocenters. The molecule has 2 aromatic heterocycles. The Morgan fingerprint density at radius 2 is 2.32 bits per heavy atom. The lowest BCUT2D eigenvalue weighted by molar-refractivity contribution is -0.0466. The molecule has 0 bridgehead atoms. The topological polar surface area (TPSA) is 86.3 Å². The lowest BCUT2D eigenvalue weighted by atomic mass is 9.96. The molecule has 7 heteroatoms. The maximum Gasteiger partial charge on any atom is 0.267 e. The molecule has 0 saturated carbocycles. The summed E-state index contributed by atoms with van der Waals surface area (Å²) < 4.78 is 7.76. The number of aromatic nitrogens is 3. The number of hydrogen-bond donors (Lipinski definition) is 1. The number of nitrogens with two attached hydrogens (primary N) is 1. The van der Waals surface area contributed by atoms with E-state index in [2.05, 4.69) is 15.0 Å². The van der Waals surface area contributed by atoms with Crippen LogP contribution in [0.4, 0.5) is 5.69 Å². The van der Waals surface area contributed by atoms with Gasteiger partial charge in [0.2, 0.25) is 0 Å².